The van der Waals surface area contributed by atoms with Gasteiger partial charge in [-0.25, -0.2) is 8.78 Å². The number of piperazine rings is 1. The Bertz CT molecular complexity index is 573. The maximum absolute atomic E-state index is 14.0. The third-order valence-electron chi connectivity index (χ3n) is 4.08. The Balaban J connectivity index is 2.05. The molecule has 1 heterocycles. The lowest BCUT2D eigenvalue weighted by molar-refractivity contribution is -0.118. The Kier molecular flexibility index (Phi) is 6.47. The van der Waals surface area contributed by atoms with E-state index in [0.717, 1.165) is 6.07 Å². The largest absolute Gasteiger partial charge is 0.496 e. The smallest absolute Gasteiger partial charge is 0.260 e. The van der Waals surface area contributed by atoms with E-state index in [4.69, 9.17) is 14.2 Å². The Hall–Kier alpha value is -1.77. The maximum Gasteiger partial charge on any atom is 0.260 e. The van der Waals surface area contributed by atoms with Gasteiger partial charge < -0.3 is 19.1 Å². The second-order valence-corrected chi connectivity index (χ2v) is 5.43. The summed E-state index contributed by atoms with van der Waals surface area (Å²) in [6.07, 6.45) is -0.340. The summed E-state index contributed by atoms with van der Waals surface area (Å²) in [4.78, 5) is 16.1. The summed E-state index contributed by atoms with van der Waals surface area (Å²) in [5.41, 5.74) is -0.363. The van der Waals surface area contributed by atoms with Crippen molar-refractivity contribution in [1.82, 2.24) is 9.80 Å². The molecule has 0 bridgehead atoms. The highest BCUT2D eigenvalue weighted by molar-refractivity contribution is 5.97. The first-order chi connectivity index (χ1) is 11.5. The molecule has 6 nitrogen and oxygen atoms in total. The predicted octanol–water partition coefficient (Wildman–Crippen LogP) is 1.35. The first-order valence-electron chi connectivity index (χ1n) is 7.61. The molecule has 1 aromatic carbocycles. The quantitative estimate of drug-likeness (QED) is 0.729. The molecule has 24 heavy (non-hydrogen) atoms. The number of hydrogen-bond acceptors (Lipinski definition) is 5. The van der Waals surface area contributed by atoms with E-state index in [9.17, 15) is 13.6 Å². The molecule has 134 valence electrons. The van der Waals surface area contributed by atoms with Crippen LogP contribution in [0.3, 0.4) is 0 Å². The van der Waals surface area contributed by atoms with Crippen molar-refractivity contribution in [2.75, 3.05) is 54.1 Å². The number of carbonyl (C=O) groups is 1. The fourth-order valence-corrected chi connectivity index (χ4v) is 2.65. The first-order valence-corrected chi connectivity index (χ1v) is 7.61. The second-order valence-electron chi connectivity index (χ2n) is 5.43. The summed E-state index contributed by atoms with van der Waals surface area (Å²) in [5, 5.41) is 0. The molecule has 2 rings (SSSR count). The molecule has 1 aliphatic rings. The monoisotopic (exact) mass is 344 g/mol. The van der Waals surface area contributed by atoms with Gasteiger partial charge in [0.15, 0.2) is 17.9 Å². The van der Waals surface area contributed by atoms with Crippen LogP contribution in [-0.4, -0.2) is 76.1 Å². The molecule has 0 atom stereocenters. The van der Waals surface area contributed by atoms with Gasteiger partial charge in [-0.2, -0.15) is 0 Å². The van der Waals surface area contributed by atoms with Crippen molar-refractivity contribution < 1.29 is 27.8 Å². The molecule has 1 fully saturated rings. The van der Waals surface area contributed by atoms with Gasteiger partial charge in [0, 0.05) is 46.9 Å². The van der Waals surface area contributed by atoms with Crippen LogP contribution in [0.1, 0.15) is 10.4 Å². The molecule has 1 saturated heterocycles. The van der Waals surface area contributed by atoms with E-state index < -0.39 is 17.5 Å². The summed E-state index contributed by atoms with van der Waals surface area (Å²) < 4.78 is 42.8. The van der Waals surface area contributed by atoms with Crippen LogP contribution < -0.4 is 4.74 Å². The van der Waals surface area contributed by atoms with Gasteiger partial charge in [-0.1, -0.05) is 0 Å². The minimum absolute atomic E-state index is 0.0279. The zero-order chi connectivity index (χ0) is 17.7. The number of rotatable bonds is 6. The topological polar surface area (TPSA) is 51.2 Å². The minimum Gasteiger partial charge on any atom is -0.496 e. The summed E-state index contributed by atoms with van der Waals surface area (Å²) in [6, 6.07) is 2.20. The van der Waals surface area contributed by atoms with Gasteiger partial charge in [-0.3, -0.25) is 9.69 Å². The van der Waals surface area contributed by atoms with Gasteiger partial charge in [-0.05, 0) is 12.1 Å². The molecule has 8 heteroatoms. The highest BCUT2D eigenvalue weighted by atomic mass is 19.2. The molecule has 1 aromatic rings. The fourth-order valence-electron chi connectivity index (χ4n) is 2.65. The Morgan fingerprint density at radius 2 is 1.75 bits per heavy atom. The van der Waals surface area contributed by atoms with Crippen molar-refractivity contribution in [2.24, 2.45) is 0 Å². The SMILES string of the molecule is COc1ccc(F)c(F)c1C(=O)N1CCN(CC(OC)OC)CC1. The average molecular weight is 344 g/mol. The van der Waals surface area contributed by atoms with Crippen LogP contribution in [0.4, 0.5) is 8.78 Å². The van der Waals surface area contributed by atoms with Gasteiger partial charge >= 0.3 is 0 Å². The molecule has 1 amide bonds. The van der Waals surface area contributed by atoms with Crippen molar-refractivity contribution in [3.8, 4) is 5.75 Å². The van der Waals surface area contributed by atoms with Crippen LogP contribution in [0, 0.1) is 11.6 Å². The predicted molar refractivity (Wildman–Crippen MR) is 83.1 cm³/mol. The van der Waals surface area contributed by atoms with Gasteiger partial charge in [0.25, 0.3) is 5.91 Å². The molecule has 0 saturated carbocycles. The maximum atomic E-state index is 14.0. The summed E-state index contributed by atoms with van der Waals surface area (Å²) >= 11 is 0. The van der Waals surface area contributed by atoms with E-state index in [1.54, 1.807) is 14.2 Å². The van der Waals surface area contributed by atoms with Gasteiger partial charge in [0.1, 0.15) is 11.3 Å². The van der Waals surface area contributed by atoms with Crippen LogP contribution in [0.15, 0.2) is 12.1 Å². The zero-order valence-electron chi connectivity index (χ0n) is 14.1. The Morgan fingerprint density at radius 1 is 1.12 bits per heavy atom. The Labute approximate surface area is 139 Å². The lowest BCUT2D eigenvalue weighted by Gasteiger charge is -2.36. The Morgan fingerprint density at radius 3 is 2.29 bits per heavy atom. The lowest BCUT2D eigenvalue weighted by atomic mass is 10.1. The zero-order valence-corrected chi connectivity index (χ0v) is 14.1. The normalized spacial score (nSPS) is 15.8. The van der Waals surface area contributed by atoms with E-state index >= 15 is 0 Å². The van der Waals surface area contributed by atoms with E-state index in [2.05, 4.69) is 4.90 Å². The number of carbonyl (C=O) groups excluding carboxylic acids is 1. The van der Waals surface area contributed by atoms with E-state index in [0.29, 0.717) is 32.7 Å². The molecule has 0 radical (unpaired) electrons. The van der Waals surface area contributed by atoms with Crippen LogP contribution >= 0.6 is 0 Å². The number of benzene rings is 1. The van der Waals surface area contributed by atoms with E-state index in [-0.39, 0.29) is 17.6 Å². The fraction of sp³-hybridized carbons (Fsp3) is 0.562. The minimum atomic E-state index is -1.18. The molecule has 0 spiro atoms. The molecular formula is C16H22F2N2O4. The number of amides is 1. The first kappa shape index (κ1) is 18.6. The number of ether oxygens (including phenoxy) is 3. The molecular weight excluding hydrogens is 322 g/mol. The number of nitrogens with zero attached hydrogens (tertiary/aromatic N) is 2. The van der Waals surface area contributed by atoms with Gasteiger partial charge in [0.05, 0.1) is 7.11 Å². The van der Waals surface area contributed by atoms with Crippen LogP contribution in [0.5, 0.6) is 5.75 Å². The third-order valence-corrected chi connectivity index (χ3v) is 4.08. The second kappa shape index (κ2) is 8.36. The third kappa shape index (κ3) is 4.00. The van der Waals surface area contributed by atoms with Crippen LogP contribution in [-0.2, 0) is 9.47 Å². The van der Waals surface area contributed by atoms with Gasteiger partial charge in [0.2, 0.25) is 0 Å². The highest BCUT2D eigenvalue weighted by Crippen LogP contribution is 2.25. The average Bonchev–Trinajstić information content (AvgIpc) is 2.61. The summed E-state index contributed by atoms with van der Waals surface area (Å²) in [5.74, 6) is -2.79. The van der Waals surface area contributed by atoms with Crippen molar-refractivity contribution >= 4 is 5.91 Å². The van der Waals surface area contributed by atoms with Crippen molar-refractivity contribution in [1.29, 1.82) is 0 Å². The molecule has 0 aromatic heterocycles. The van der Waals surface area contributed by atoms with Crippen LogP contribution in [0.25, 0.3) is 0 Å². The number of halogens is 2. The van der Waals surface area contributed by atoms with Crippen molar-refractivity contribution in [3.05, 3.63) is 29.3 Å². The molecule has 1 aliphatic heterocycles. The van der Waals surface area contributed by atoms with Crippen LogP contribution in [0.2, 0.25) is 0 Å². The molecule has 0 unspecified atom stereocenters. The molecule has 0 aliphatic carbocycles. The highest BCUT2D eigenvalue weighted by Gasteiger charge is 2.29. The summed E-state index contributed by atoms with van der Waals surface area (Å²) in [6.45, 7) is 2.56. The van der Waals surface area contributed by atoms with Gasteiger partial charge in [-0.15, -0.1) is 0 Å². The summed E-state index contributed by atoms with van der Waals surface area (Å²) in [7, 11) is 4.44. The van der Waals surface area contributed by atoms with E-state index in [1.807, 2.05) is 0 Å². The van der Waals surface area contributed by atoms with E-state index in [1.165, 1.54) is 18.1 Å². The van der Waals surface area contributed by atoms with Crippen molar-refractivity contribution in [2.45, 2.75) is 6.29 Å². The number of hydrogen-bond donors (Lipinski definition) is 0. The standard InChI is InChI=1S/C16H22F2N2O4/c1-22-12-5-4-11(17)15(18)14(12)16(21)20-8-6-19(7-9-20)10-13(23-2)24-3/h4-5,13H,6-10H2,1-3H3. The lowest BCUT2D eigenvalue weighted by Crippen LogP contribution is -2.51. The van der Waals surface area contributed by atoms with Crippen molar-refractivity contribution in [3.63, 3.8) is 0 Å². The number of methoxy groups -OCH3 is 3. The molecule has 0 N–H and O–H groups in total.